The fourth-order valence-corrected chi connectivity index (χ4v) is 3.16. The average Bonchev–Trinajstić information content (AvgIpc) is 2.50. The highest BCUT2D eigenvalue weighted by atomic mass is 19.4. The molecule has 0 radical (unpaired) electrons. The molecule has 0 saturated carbocycles. The molecule has 120 valence electrons. The maximum Gasteiger partial charge on any atom is 0.391 e. The van der Waals surface area contributed by atoms with Gasteiger partial charge in [0.05, 0.1) is 18.2 Å². The quantitative estimate of drug-likeness (QED) is 0.727. The molecule has 2 aromatic carbocycles. The summed E-state index contributed by atoms with van der Waals surface area (Å²) in [5.41, 5.74) is 2.67. The van der Waals surface area contributed by atoms with Crippen LogP contribution in [0.25, 0.3) is 0 Å². The van der Waals surface area contributed by atoms with E-state index in [4.69, 9.17) is 0 Å². The Morgan fingerprint density at radius 1 is 0.957 bits per heavy atom. The molecule has 1 aliphatic rings. The fourth-order valence-electron chi connectivity index (χ4n) is 3.16. The van der Waals surface area contributed by atoms with Gasteiger partial charge in [0.15, 0.2) is 0 Å². The largest absolute Gasteiger partial charge is 0.391 e. The van der Waals surface area contributed by atoms with Crippen LogP contribution in [-0.2, 0) is 5.41 Å². The summed E-state index contributed by atoms with van der Waals surface area (Å²) in [6, 6.07) is 16.2. The predicted octanol–water partition coefficient (Wildman–Crippen LogP) is 5.14. The molecule has 23 heavy (non-hydrogen) atoms. The van der Waals surface area contributed by atoms with Crippen molar-refractivity contribution in [1.29, 1.82) is 0 Å². The van der Waals surface area contributed by atoms with Crippen LogP contribution in [0, 0.1) is 0 Å². The van der Waals surface area contributed by atoms with Crippen molar-refractivity contribution in [3.05, 3.63) is 71.3 Å². The fraction of sp³-hybridized carbons (Fsp3) is 0.316. The Kier molecular flexibility index (Phi) is 3.78. The molecule has 0 spiro atoms. The monoisotopic (exact) mass is 317 g/mol. The summed E-state index contributed by atoms with van der Waals surface area (Å²) in [4.78, 5) is 4.53. The molecule has 3 rings (SSSR count). The smallest absolute Gasteiger partial charge is 0.280 e. The lowest BCUT2D eigenvalue weighted by Gasteiger charge is -2.38. The van der Waals surface area contributed by atoms with E-state index in [2.05, 4.69) is 4.99 Å². The number of nitrogens with zero attached hydrogens (tertiary/aromatic N) is 1. The van der Waals surface area contributed by atoms with Crippen LogP contribution in [0.1, 0.15) is 37.0 Å². The van der Waals surface area contributed by atoms with Gasteiger partial charge in [-0.05, 0) is 5.56 Å². The molecule has 1 nitrogen and oxygen atoms in total. The molecule has 1 unspecified atom stereocenters. The van der Waals surface area contributed by atoms with Crippen LogP contribution < -0.4 is 0 Å². The lowest BCUT2D eigenvalue weighted by molar-refractivity contribution is -0.141. The van der Waals surface area contributed by atoms with Crippen molar-refractivity contribution < 1.29 is 13.2 Å². The highest BCUT2D eigenvalue weighted by Crippen LogP contribution is 2.41. The number of halogens is 3. The van der Waals surface area contributed by atoms with E-state index in [1.165, 1.54) is 0 Å². The minimum atomic E-state index is -4.24. The first-order valence-corrected chi connectivity index (χ1v) is 7.59. The Bertz CT molecular complexity index is 730. The lowest BCUT2D eigenvalue weighted by Crippen LogP contribution is -2.41. The van der Waals surface area contributed by atoms with E-state index in [1.807, 2.05) is 68.4 Å². The molecule has 2 aromatic rings. The minimum Gasteiger partial charge on any atom is -0.280 e. The van der Waals surface area contributed by atoms with Crippen molar-refractivity contribution in [2.24, 2.45) is 4.99 Å². The summed E-state index contributed by atoms with van der Waals surface area (Å²) in [5.74, 6) is 0. The molecule has 0 amide bonds. The summed E-state index contributed by atoms with van der Waals surface area (Å²) in [7, 11) is 0. The standard InChI is InChI=1S/C19H18F3N/c1-18(2)15-11-7-6-10-14(15)17(13-8-4-3-5-9-13)23-16(18)12-19(20,21)22/h3-11,16H,12H2,1-2H3. The van der Waals surface area contributed by atoms with Crippen LogP contribution in [0.4, 0.5) is 13.2 Å². The zero-order valence-electron chi connectivity index (χ0n) is 13.1. The number of rotatable bonds is 2. The molecule has 0 fully saturated rings. The topological polar surface area (TPSA) is 12.4 Å². The molecule has 1 heterocycles. The van der Waals surface area contributed by atoms with E-state index >= 15 is 0 Å². The van der Waals surface area contributed by atoms with Gasteiger partial charge in [-0.25, -0.2) is 0 Å². The highest BCUT2D eigenvalue weighted by Gasteiger charge is 2.43. The van der Waals surface area contributed by atoms with Crippen molar-refractivity contribution in [3.8, 4) is 0 Å². The second-order valence-electron chi connectivity index (χ2n) is 6.45. The summed E-state index contributed by atoms with van der Waals surface area (Å²) in [5, 5.41) is 0. The van der Waals surface area contributed by atoms with Gasteiger partial charge in [0.2, 0.25) is 0 Å². The summed E-state index contributed by atoms with van der Waals surface area (Å²) >= 11 is 0. The Hall–Kier alpha value is -2.10. The van der Waals surface area contributed by atoms with E-state index in [9.17, 15) is 13.2 Å². The maximum atomic E-state index is 13.0. The Morgan fingerprint density at radius 3 is 2.22 bits per heavy atom. The first-order valence-electron chi connectivity index (χ1n) is 7.59. The SMILES string of the molecule is CC1(C)c2ccccc2C(c2ccccc2)=NC1CC(F)(F)F. The zero-order valence-corrected chi connectivity index (χ0v) is 13.1. The van der Waals surface area contributed by atoms with Gasteiger partial charge in [-0.15, -0.1) is 0 Å². The summed E-state index contributed by atoms with van der Waals surface area (Å²) < 4.78 is 39.1. The number of fused-ring (bicyclic) bond motifs is 1. The molecular weight excluding hydrogens is 299 g/mol. The van der Waals surface area contributed by atoms with Gasteiger partial charge in [-0.1, -0.05) is 68.4 Å². The lowest BCUT2D eigenvalue weighted by atomic mass is 9.71. The van der Waals surface area contributed by atoms with Gasteiger partial charge >= 0.3 is 6.18 Å². The van der Waals surface area contributed by atoms with Crippen molar-refractivity contribution in [2.45, 2.75) is 37.9 Å². The second-order valence-corrected chi connectivity index (χ2v) is 6.45. The van der Waals surface area contributed by atoms with Crippen molar-refractivity contribution in [1.82, 2.24) is 0 Å². The Morgan fingerprint density at radius 2 is 1.57 bits per heavy atom. The van der Waals surface area contributed by atoms with Crippen molar-refractivity contribution >= 4 is 5.71 Å². The van der Waals surface area contributed by atoms with Gasteiger partial charge in [0.1, 0.15) is 0 Å². The third kappa shape index (κ3) is 3.03. The van der Waals surface area contributed by atoms with Gasteiger partial charge in [-0.3, -0.25) is 4.99 Å². The van der Waals surface area contributed by atoms with Gasteiger partial charge in [-0.2, -0.15) is 13.2 Å². The van der Waals surface area contributed by atoms with Crippen molar-refractivity contribution in [3.63, 3.8) is 0 Å². The van der Waals surface area contributed by atoms with Crippen LogP contribution in [0.2, 0.25) is 0 Å². The number of benzene rings is 2. The molecule has 0 aliphatic carbocycles. The zero-order chi connectivity index (χ0) is 16.7. The van der Waals surface area contributed by atoms with Crippen LogP contribution in [0.5, 0.6) is 0 Å². The number of aliphatic imine (C=N–C) groups is 1. The van der Waals surface area contributed by atoms with Gasteiger partial charge < -0.3 is 0 Å². The number of alkyl halides is 3. The molecule has 0 aromatic heterocycles. The molecule has 4 heteroatoms. The van der Waals surface area contributed by atoms with Gasteiger partial charge in [0.25, 0.3) is 0 Å². The maximum absolute atomic E-state index is 13.0. The molecule has 1 aliphatic heterocycles. The minimum absolute atomic E-state index is 0.648. The summed E-state index contributed by atoms with van der Waals surface area (Å²) in [6.45, 7) is 3.68. The Balaban J connectivity index is 2.17. The second kappa shape index (κ2) is 5.52. The van der Waals surface area contributed by atoms with Gasteiger partial charge in [0, 0.05) is 16.5 Å². The predicted molar refractivity (Wildman–Crippen MR) is 86.0 cm³/mol. The van der Waals surface area contributed by atoms with E-state index in [0.717, 1.165) is 16.7 Å². The van der Waals surface area contributed by atoms with E-state index in [0.29, 0.717) is 5.71 Å². The third-order valence-corrected chi connectivity index (χ3v) is 4.47. The molecular formula is C19H18F3N. The molecule has 0 saturated heterocycles. The van der Waals surface area contributed by atoms with Crippen molar-refractivity contribution in [2.75, 3.05) is 0 Å². The Labute approximate surface area is 133 Å². The van der Waals surface area contributed by atoms with Crippen LogP contribution >= 0.6 is 0 Å². The van der Waals surface area contributed by atoms with E-state index < -0.39 is 24.1 Å². The first kappa shape index (κ1) is 15.8. The highest BCUT2D eigenvalue weighted by molar-refractivity contribution is 6.14. The molecule has 0 bridgehead atoms. The molecule has 1 atom stereocenters. The number of hydrogen-bond donors (Lipinski definition) is 0. The van der Waals surface area contributed by atoms with E-state index in [-0.39, 0.29) is 0 Å². The molecule has 0 N–H and O–H groups in total. The number of hydrogen-bond acceptors (Lipinski definition) is 1. The van der Waals surface area contributed by atoms with Crippen LogP contribution in [0.15, 0.2) is 59.6 Å². The normalized spacial score (nSPS) is 19.9. The van der Waals surface area contributed by atoms with Crippen LogP contribution in [-0.4, -0.2) is 17.9 Å². The first-order chi connectivity index (χ1) is 10.8. The summed E-state index contributed by atoms with van der Waals surface area (Å²) in [6.07, 6.45) is -5.15. The van der Waals surface area contributed by atoms with E-state index in [1.54, 1.807) is 0 Å². The average molecular weight is 317 g/mol. The van der Waals surface area contributed by atoms with Crippen LogP contribution in [0.3, 0.4) is 0 Å². The third-order valence-electron chi connectivity index (χ3n) is 4.47.